The molecular weight excluding hydrogens is 504 g/mol. The van der Waals surface area contributed by atoms with Crippen LogP contribution in [0.3, 0.4) is 0 Å². The summed E-state index contributed by atoms with van der Waals surface area (Å²) in [6.45, 7) is 4.75. The number of halogens is 3. The predicted molar refractivity (Wildman–Crippen MR) is 133 cm³/mol. The molecule has 7 nitrogen and oxygen atoms in total. The maximum Gasteiger partial charge on any atom is 0.244 e. The second kappa shape index (κ2) is 11.9. The minimum absolute atomic E-state index is 0.0241. The average molecular weight is 532 g/mol. The van der Waals surface area contributed by atoms with Gasteiger partial charge in [0.2, 0.25) is 21.8 Å². The third-order valence-corrected chi connectivity index (χ3v) is 6.95. The fourth-order valence-electron chi connectivity index (χ4n) is 3.13. The number of hydrogen-bond acceptors (Lipinski definition) is 4. The fraction of sp³-hybridized carbons (Fsp3) is 0.391. The van der Waals surface area contributed by atoms with E-state index in [1.54, 1.807) is 31.2 Å². The molecule has 0 saturated carbocycles. The maximum absolute atomic E-state index is 13.6. The first-order valence-corrected chi connectivity index (χ1v) is 13.2. The Morgan fingerprint density at radius 2 is 1.79 bits per heavy atom. The van der Waals surface area contributed by atoms with Gasteiger partial charge >= 0.3 is 0 Å². The van der Waals surface area contributed by atoms with Crippen LogP contribution in [0, 0.1) is 5.82 Å². The van der Waals surface area contributed by atoms with Crippen molar-refractivity contribution < 1.29 is 22.4 Å². The Labute approximate surface area is 209 Å². The van der Waals surface area contributed by atoms with Crippen molar-refractivity contribution >= 4 is 50.7 Å². The Morgan fingerprint density at radius 3 is 2.35 bits per heavy atom. The zero-order valence-corrected chi connectivity index (χ0v) is 21.7. The van der Waals surface area contributed by atoms with Crippen molar-refractivity contribution in [3.8, 4) is 0 Å². The lowest BCUT2D eigenvalue weighted by Crippen LogP contribution is -2.52. The molecule has 0 saturated heterocycles. The summed E-state index contributed by atoms with van der Waals surface area (Å²) in [5.74, 6) is -1.72. The molecule has 0 bridgehead atoms. The van der Waals surface area contributed by atoms with Crippen LogP contribution in [-0.4, -0.2) is 50.0 Å². The summed E-state index contributed by atoms with van der Waals surface area (Å²) in [6, 6.07) is 9.17. The van der Waals surface area contributed by atoms with E-state index in [9.17, 15) is 22.4 Å². The molecule has 11 heteroatoms. The monoisotopic (exact) mass is 531 g/mol. The molecule has 0 fully saturated rings. The predicted octanol–water partition coefficient (Wildman–Crippen LogP) is 4.23. The first kappa shape index (κ1) is 27.9. The van der Waals surface area contributed by atoms with Crippen LogP contribution in [0.4, 0.5) is 10.1 Å². The maximum atomic E-state index is 13.6. The molecule has 0 spiro atoms. The molecule has 2 atom stereocenters. The van der Waals surface area contributed by atoms with Crippen molar-refractivity contribution in [1.29, 1.82) is 0 Å². The Hall–Kier alpha value is -2.36. The number of anilines is 1. The SMILES string of the molecule is CC[C@H](C)NC(=O)[C@@H](C)N(Cc1cccc(Cl)c1)C(=O)CN(c1ccc(F)c(Cl)c1)S(C)(=O)=O. The standard InChI is InChI=1S/C23H28Cl2FN3O4S/c1-5-15(2)27-23(31)16(3)28(13-17-7-6-8-18(24)11-17)22(30)14-29(34(4,32)33)19-9-10-21(26)20(25)12-19/h6-12,15-16H,5,13-14H2,1-4H3,(H,27,31)/t15-,16+/m0/s1. The summed E-state index contributed by atoms with van der Waals surface area (Å²) >= 11 is 11.9. The molecule has 2 aromatic rings. The van der Waals surface area contributed by atoms with Crippen LogP contribution in [0.15, 0.2) is 42.5 Å². The minimum Gasteiger partial charge on any atom is -0.352 e. The Balaban J connectivity index is 2.41. The molecule has 0 radical (unpaired) electrons. The number of sulfonamides is 1. The zero-order valence-electron chi connectivity index (χ0n) is 19.4. The van der Waals surface area contributed by atoms with Gasteiger partial charge in [0, 0.05) is 17.6 Å². The summed E-state index contributed by atoms with van der Waals surface area (Å²) in [6.07, 6.45) is 1.63. The van der Waals surface area contributed by atoms with Crippen molar-refractivity contribution in [2.45, 2.75) is 45.8 Å². The molecule has 0 aromatic heterocycles. The molecule has 2 amide bonds. The second-order valence-corrected chi connectivity index (χ2v) is 10.8. The van der Waals surface area contributed by atoms with Gasteiger partial charge in [0.25, 0.3) is 0 Å². The molecule has 0 aliphatic heterocycles. The van der Waals surface area contributed by atoms with Crippen molar-refractivity contribution in [1.82, 2.24) is 10.2 Å². The van der Waals surface area contributed by atoms with Gasteiger partial charge in [-0.25, -0.2) is 12.8 Å². The summed E-state index contributed by atoms with van der Waals surface area (Å²) in [7, 11) is -3.94. The van der Waals surface area contributed by atoms with Gasteiger partial charge in [-0.1, -0.05) is 42.3 Å². The molecule has 1 N–H and O–H groups in total. The molecule has 2 rings (SSSR count). The van der Waals surface area contributed by atoms with E-state index >= 15 is 0 Å². The van der Waals surface area contributed by atoms with E-state index in [4.69, 9.17) is 23.2 Å². The third-order valence-electron chi connectivity index (χ3n) is 5.28. The highest BCUT2D eigenvalue weighted by atomic mass is 35.5. The Morgan fingerprint density at radius 1 is 1.12 bits per heavy atom. The molecule has 186 valence electrons. The lowest BCUT2D eigenvalue weighted by atomic mass is 10.1. The number of carbonyl (C=O) groups excluding carboxylic acids is 2. The van der Waals surface area contributed by atoms with Crippen LogP contribution in [0.1, 0.15) is 32.8 Å². The molecule has 34 heavy (non-hydrogen) atoms. The van der Waals surface area contributed by atoms with Gasteiger partial charge in [-0.3, -0.25) is 13.9 Å². The summed E-state index contributed by atoms with van der Waals surface area (Å²) < 4.78 is 39.4. The lowest BCUT2D eigenvalue weighted by molar-refractivity contribution is -0.139. The summed E-state index contributed by atoms with van der Waals surface area (Å²) in [5.41, 5.74) is 0.696. The van der Waals surface area contributed by atoms with Crippen molar-refractivity contribution in [3.05, 3.63) is 63.9 Å². The molecule has 0 aliphatic rings. The van der Waals surface area contributed by atoms with Crippen molar-refractivity contribution in [2.24, 2.45) is 0 Å². The summed E-state index contributed by atoms with van der Waals surface area (Å²) in [4.78, 5) is 27.5. The van der Waals surface area contributed by atoms with Crippen LogP contribution < -0.4 is 9.62 Å². The number of carbonyl (C=O) groups is 2. The number of nitrogens with one attached hydrogen (secondary N) is 1. The Bertz CT molecular complexity index is 1150. The molecular formula is C23H28Cl2FN3O4S. The molecule has 0 heterocycles. The fourth-order valence-corrected chi connectivity index (χ4v) is 4.36. The van der Waals surface area contributed by atoms with Gasteiger partial charge < -0.3 is 10.2 Å². The minimum atomic E-state index is -3.94. The van der Waals surface area contributed by atoms with E-state index < -0.39 is 34.3 Å². The van der Waals surface area contributed by atoms with E-state index in [0.29, 0.717) is 17.0 Å². The number of benzene rings is 2. The van der Waals surface area contributed by atoms with Crippen LogP contribution >= 0.6 is 23.2 Å². The van der Waals surface area contributed by atoms with Gasteiger partial charge in [-0.15, -0.1) is 0 Å². The molecule has 2 aromatic carbocycles. The number of hydrogen-bond donors (Lipinski definition) is 1. The van der Waals surface area contributed by atoms with Gasteiger partial charge in [0.05, 0.1) is 17.0 Å². The highest BCUT2D eigenvalue weighted by molar-refractivity contribution is 7.92. The average Bonchev–Trinajstić information content (AvgIpc) is 2.76. The first-order valence-electron chi connectivity index (χ1n) is 10.6. The van der Waals surface area contributed by atoms with E-state index in [2.05, 4.69) is 5.32 Å². The largest absolute Gasteiger partial charge is 0.352 e. The normalized spacial score (nSPS) is 13.1. The summed E-state index contributed by atoms with van der Waals surface area (Å²) in [5, 5.41) is 3.02. The van der Waals surface area contributed by atoms with Gasteiger partial charge in [-0.05, 0) is 56.2 Å². The van der Waals surface area contributed by atoms with Crippen LogP contribution in [0.2, 0.25) is 10.0 Å². The second-order valence-electron chi connectivity index (χ2n) is 8.01. The van der Waals surface area contributed by atoms with E-state index in [-0.39, 0.29) is 29.2 Å². The smallest absolute Gasteiger partial charge is 0.244 e. The molecule has 0 aliphatic carbocycles. The number of amides is 2. The quantitative estimate of drug-likeness (QED) is 0.496. The van der Waals surface area contributed by atoms with Crippen LogP contribution in [0.25, 0.3) is 0 Å². The third kappa shape index (κ3) is 7.58. The first-order chi connectivity index (χ1) is 15.8. The Kier molecular flexibility index (Phi) is 9.73. The number of nitrogens with zero attached hydrogens (tertiary/aromatic N) is 2. The van der Waals surface area contributed by atoms with E-state index in [0.717, 1.165) is 22.7 Å². The zero-order chi connectivity index (χ0) is 25.6. The lowest BCUT2D eigenvalue weighted by Gasteiger charge is -2.32. The van der Waals surface area contributed by atoms with Crippen molar-refractivity contribution in [3.63, 3.8) is 0 Å². The van der Waals surface area contributed by atoms with E-state index in [1.807, 2.05) is 13.8 Å². The van der Waals surface area contributed by atoms with Gasteiger partial charge in [0.1, 0.15) is 18.4 Å². The van der Waals surface area contributed by atoms with Gasteiger partial charge in [-0.2, -0.15) is 0 Å². The van der Waals surface area contributed by atoms with Gasteiger partial charge in [0.15, 0.2) is 0 Å². The topological polar surface area (TPSA) is 86.8 Å². The highest BCUT2D eigenvalue weighted by Gasteiger charge is 2.30. The van der Waals surface area contributed by atoms with Crippen LogP contribution in [0.5, 0.6) is 0 Å². The molecule has 0 unspecified atom stereocenters. The van der Waals surface area contributed by atoms with Crippen molar-refractivity contribution in [2.75, 3.05) is 17.1 Å². The number of rotatable bonds is 10. The van der Waals surface area contributed by atoms with Crippen LogP contribution in [-0.2, 0) is 26.2 Å². The highest BCUT2D eigenvalue weighted by Crippen LogP contribution is 2.25. The van der Waals surface area contributed by atoms with E-state index in [1.165, 1.54) is 11.0 Å².